The summed E-state index contributed by atoms with van der Waals surface area (Å²) >= 11 is 0. The molecule has 4 aromatic rings. The standard InChI is InChI=1S/C20H16N4O3/c25-13-14-4-1-6-16(10-14)24-18-17(7-3-9-22-18)19(26)23(20(24)27)12-15-5-2-8-21-11-15/h1-11,25H,12-13H2. The molecule has 7 nitrogen and oxygen atoms in total. The van der Waals surface area contributed by atoms with Gasteiger partial charge in [-0.3, -0.25) is 14.3 Å². The molecule has 7 heteroatoms. The molecule has 0 saturated heterocycles. The van der Waals surface area contributed by atoms with E-state index in [1.54, 1.807) is 61.1 Å². The van der Waals surface area contributed by atoms with E-state index in [0.717, 1.165) is 5.56 Å². The number of fused-ring (bicyclic) bond motifs is 1. The maximum Gasteiger partial charge on any atom is 0.337 e. The number of aliphatic hydroxyl groups excluding tert-OH is 1. The number of nitrogens with zero attached hydrogens (tertiary/aromatic N) is 4. The molecule has 27 heavy (non-hydrogen) atoms. The Balaban J connectivity index is 2.03. The molecular formula is C20H16N4O3. The van der Waals surface area contributed by atoms with Crippen LogP contribution in [0.4, 0.5) is 0 Å². The molecule has 134 valence electrons. The first-order chi connectivity index (χ1) is 13.2. The molecule has 0 spiro atoms. The Kier molecular flexibility index (Phi) is 4.35. The van der Waals surface area contributed by atoms with Gasteiger partial charge < -0.3 is 5.11 Å². The summed E-state index contributed by atoms with van der Waals surface area (Å²) in [7, 11) is 0. The van der Waals surface area contributed by atoms with Crippen LogP contribution in [0.1, 0.15) is 11.1 Å². The van der Waals surface area contributed by atoms with Crippen LogP contribution in [0.2, 0.25) is 0 Å². The highest BCUT2D eigenvalue weighted by molar-refractivity contribution is 5.75. The molecule has 4 rings (SSSR count). The summed E-state index contributed by atoms with van der Waals surface area (Å²) in [4.78, 5) is 34.4. The average molecular weight is 360 g/mol. The first-order valence-corrected chi connectivity index (χ1v) is 8.38. The van der Waals surface area contributed by atoms with E-state index in [4.69, 9.17) is 0 Å². The smallest absolute Gasteiger partial charge is 0.337 e. The number of benzene rings is 1. The van der Waals surface area contributed by atoms with E-state index in [1.807, 2.05) is 6.07 Å². The maximum atomic E-state index is 13.2. The van der Waals surface area contributed by atoms with E-state index in [9.17, 15) is 14.7 Å². The van der Waals surface area contributed by atoms with Gasteiger partial charge in [0, 0.05) is 18.6 Å². The lowest BCUT2D eigenvalue weighted by molar-refractivity contribution is 0.282. The van der Waals surface area contributed by atoms with Crippen molar-refractivity contribution in [3.63, 3.8) is 0 Å². The van der Waals surface area contributed by atoms with Crippen LogP contribution in [0, 0.1) is 0 Å². The maximum absolute atomic E-state index is 13.2. The molecule has 0 aliphatic rings. The van der Waals surface area contributed by atoms with E-state index >= 15 is 0 Å². The lowest BCUT2D eigenvalue weighted by atomic mass is 10.2. The predicted molar refractivity (Wildman–Crippen MR) is 101 cm³/mol. The molecule has 0 saturated carbocycles. The summed E-state index contributed by atoms with van der Waals surface area (Å²) in [5, 5.41) is 9.76. The lowest BCUT2D eigenvalue weighted by Gasteiger charge is -2.14. The topological polar surface area (TPSA) is 90.0 Å². The van der Waals surface area contributed by atoms with Gasteiger partial charge in [-0.25, -0.2) is 14.3 Å². The summed E-state index contributed by atoms with van der Waals surface area (Å²) < 4.78 is 2.57. The highest BCUT2D eigenvalue weighted by Crippen LogP contribution is 2.14. The van der Waals surface area contributed by atoms with Crippen LogP contribution in [0.15, 0.2) is 76.7 Å². The number of rotatable bonds is 4. The molecule has 0 unspecified atom stereocenters. The van der Waals surface area contributed by atoms with E-state index in [0.29, 0.717) is 16.6 Å². The van der Waals surface area contributed by atoms with Crippen LogP contribution in [0.25, 0.3) is 16.7 Å². The van der Waals surface area contributed by atoms with Gasteiger partial charge in [-0.15, -0.1) is 0 Å². The Hall–Kier alpha value is -3.58. The lowest BCUT2D eigenvalue weighted by Crippen LogP contribution is -2.40. The van der Waals surface area contributed by atoms with Crippen LogP contribution >= 0.6 is 0 Å². The second-order valence-corrected chi connectivity index (χ2v) is 6.07. The second kappa shape index (κ2) is 6.97. The van der Waals surface area contributed by atoms with Crippen molar-refractivity contribution in [2.75, 3.05) is 0 Å². The van der Waals surface area contributed by atoms with Gasteiger partial charge in [0.2, 0.25) is 0 Å². The van der Waals surface area contributed by atoms with E-state index < -0.39 is 11.2 Å². The van der Waals surface area contributed by atoms with Gasteiger partial charge >= 0.3 is 5.69 Å². The summed E-state index contributed by atoms with van der Waals surface area (Å²) in [5.74, 6) is 0. The Labute approximate surface area is 153 Å². The van der Waals surface area contributed by atoms with Crippen LogP contribution in [0.3, 0.4) is 0 Å². The minimum Gasteiger partial charge on any atom is -0.392 e. The molecule has 1 N–H and O–H groups in total. The van der Waals surface area contributed by atoms with Crippen LogP contribution in [-0.4, -0.2) is 24.2 Å². The Morgan fingerprint density at radius 1 is 0.963 bits per heavy atom. The van der Waals surface area contributed by atoms with Gasteiger partial charge in [0.05, 0.1) is 24.2 Å². The average Bonchev–Trinajstić information content (AvgIpc) is 2.72. The number of hydrogen-bond acceptors (Lipinski definition) is 5. The Morgan fingerprint density at radius 2 is 1.78 bits per heavy atom. The third kappa shape index (κ3) is 3.04. The van der Waals surface area contributed by atoms with Gasteiger partial charge in [-0.05, 0) is 41.5 Å². The van der Waals surface area contributed by atoms with Gasteiger partial charge in [-0.1, -0.05) is 18.2 Å². The van der Waals surface area contributed by atoms with E-state index in [-0.39, 0.29) is 18.8 Å². The van der Waals surface area contributed by atoms with Crippen LogP contribution in [-0.2, 0) is 13.2 Å². The highest BCUT2D eigenvalue weighted by atomic mass is 16.3. The van der Waals surface area contributed by atoms with Gasteiger partial charge in [0.25, 0.3) is 5.56 Å². The monoisotopic (exact) mass is 360 g/mol. The molecule has 0 aliphatic heterocycles. The van der Waals surface area contributed by atoms with Crippen molar-refractivity contribution < 1.29 is 5.11 Å². The highest BCUT2D eigenvalue weighted by Gasteiger charge is 2.15. The summed E-state index contributed by atoms with van der Waals surface area (Å²) in [6, 6.07) is 13.8. The van der Waals surface area contributed by atoms with Gasteiger partial charge in [-0.2, -0.15) is 0 Å². The zero-order chi connectivity index (χ0) is 18.8. The molecule has 3 heterocycles. The Morgan fingerprint density at radius 3 is 2.56 bits per heavy atom. The zero-order valence-corrected chi connectivity index (χ0v) is 14.3. The summed E-state index contributed by atoms with van der Waals surface area (Å²) in [6.45, 7) is -0.0424. The van der Waals surface area contributed by atoms with Crippen molar-refractivity contribution in [3.8, 4) is 5.69 Å². The second-order valence-electron chi connectivity index (χ2n) is 6.07. The van der Waals surface area contributed by atoms with Crippen molar-refractivity contribution >= 4 is 11.0 Å². The third-order valence-electron chi connectivity index (χ3n) is 4.31. The predicted octanol–water partition coefficient (Wildman–Crippen LogP) is 1.48. The minimum absolute atomic E-state index is 0.107. The molecule has 1 aromatic carbocycles. The van der Waals surface area contributed by atoms with Crippen molar-refractivity contribution in [2.24, 2.45) is 0 Å². The van der Waals surface area contributed by atoms with Gasteiger partial charge in [0.1, 0.15) is 0 Å². The number of pyridine rings is 2. The molecule has 3 aromatic heterocycles. The van der Waals surface area contributed by atoms with Crippen molar-refractivity contribution in [3.05, 3.63) is 99.1 Å². The quantitative estimate of drug-likeness (QED) is 0.595. The minimum atomic E-state index is -0.495. The van der Waals surface area contributed by atoms with E-state index in [1.165, 1.54) is 9.13 Å². The Bertz CT molecular complexity index is 1230. The van der Waals surface area contributed by atoms with E-state index in [2.05, 4.69) is 9.97 Å². The molecular weight excluding hydrogens is 344 g/mol. The first-order valence-electron chi connectivity index (χ1n) is 8.38. The SMILES string of the molecule is O=c1c2cccnc2n(-c2cccc(CO)c2)c(=O)n1Cc1cccnc1. The molecule has 0 radical (unpaired) electrons. The number of aromatic nitrogens is 4. The number of hydrogen-bond donors (Lipinski definition) is 1. The molecule has 0 fully saturated rings. The fourth-order valence-corrected chi connectivity index (χ4v) is 3.03. The zero-order valence-electron chi connectivity index (χ0n) is 14.3. The normalized spacial score (nSPS) is 11.0. The van der Waals surface area contributed by atoms with Crippen LogP contribution in [0.5, 0.6) is 0 Å². The molecule has 0 amide bonds. The largest absolute Gasteiger partial charge is 0.392 e. The third-order valence-corrected chi connectivity index (χ3v) is 4.31. The van der Waals surface area contributed by atoms with Crippen LogP contribution < -0.4 is 11.2 Å². The molecule has 0 atom stereocenters. The molecule has 0 aliphatic carbocycles. The first kappa shape index (κ1) is 16.9. The molecule has 0 bridgehead atoms. The summed E-state index contributed by atoms with van der Waals surface area (Å²) in [6.07, 6.45) is 4.80. The van der Waals surface area contributed by atoms with Gasteiger partial charge in [0.15, 0.2) is 5.65 Å². The fourth-order valence-electron chi connectivity index (χ4n) is 3.03. The van der Waals surface area contributed by atoms with Crippen molar-refractivity contribution in [1.29, 1.82) is 0 Å². The van der Waals surface area contributed by atoms with Crippen molar-refractivity contribution in [2.45, 2.75) is 13.2 Å². The fraction of sp³-hybridized carbons (Fsp3) is 0.100. The summed E-state index contributed by atoms with van der Waals surface area (Å²) in [5.41, 5.74) is 1.33. The number of aliphatic hydroxyl groups is 1. The van der Waals surface area contributed by atoms with Crippen molar-refractivity contribution in [1.82, 2.24) is 19.1 Å².